The summed E-state index contributed by atoms with van der Waals surface area (Å²) in [6.07, 6.45) is 0. The number of nitrogens with one attached hydrogen (secondary N) is 2. The van der Waals surface area contributed by atoms with Crippen LogP contribution in [-0.4, -0.2) is 31.2 Å². The summed E-state index contributed by atoms with van der Waals surface area (Å²) < 4.78 is 16.6. The zero-order valence-electron chi connectivity index (χ0n) is 19.9. The Bertz CT molecular complexity index is 1260. The van der Waals surface area contributed by atoms with E-state index in [4.69, 9.17) is 37.4 Å². The van der Waals surface area contributed by atoms with Gasteiger partial charge in [-0.2, -0.15) is 5.10 Å². The number of halogens is 2. The molecule has 0 unspecified atom stereocenters. The normalized spacial score (nSPS) is 11.0. The molecule has 0 aliphatic rings. The minimum Gasteiger partial charge on any atom is -0.494 e. The number of hydrogen-bond acceptors (Lipinski definition) is 6. The third-order valence-corrected chi connectivity index (χ3v) is 5.52. The Morgan fingerprint density at radius 1 is 0.917 bits per heavy atom. The van der Waals surface area contributed by atoms with Crippen molar-refractivity contribution in [3.63, 3.8) is 0 Å². The van der Waals surface area contributed by atoms with E-state index in [1.807, 2.05) is 6.92 Å². The van der Waals surface area contributed by atoms with Gasteiger partial charge in [0, 0.05) is 26.9 Å². The average molecular weight is 530 g/mol. The van der Waals surface area contributed by atoms with Crippen molar-refractivity contribution in [1.82, 2.24) is 5.43 Å². The summed E-state index contributed by atoms with van der Waals surface area (Å²) in [4.78, 5) is 24.4. The van der Waals surface area contributed by atoms with Crippen molar-refractivity contribution >= 4 is 46.4 Å². The molecule has 188 valence electrons. The van der Waals surface area contributed by atoms with Crippen LogP contribution in [0.2, 0.25) is 10.0 Å². The number of hydrogen-bond donors (Lipinski definition) is 2. The number of nitrogens with zero attached hydrogens (tertiary/aromatic N) is 1. The molecule has 0 saturated heterocycles. The molecule has 0 heterocycles. The van der Waals surface area contributed by atoms with Crippen LogP contribution in [0.5, 0.6) is 17.2 Å². The highest BCUT2D eigenvalue weighted by molar-refractivity contribution is 6.39. The molecule has 10 heteroatoms. The van der Waals surface area contributed by atoms with Gasteiger partial charge in [-0.3, -0.25) is 9.59 Å². The van der Waals surface area contributed by atoms with Crippen molar-refractivity contribution in [1.29, 1.82) is 0 Å². The molecule has 0 atom stereocenters. The topological polar surface area (TPSA) is 98.2 Å². The maximum absolute atomic E-state index is 12.2. The molecule has 0 radical (unpaired) electrons. The van der Waals surface area contributed by atoms with Gasteiger partial charge in [-0.05, 0) is 68.4 Å². The predicted molar refractivity (Wildman–Crippen MR) is 140 cm³/mol. The van der Waals surface area contributed by atoms with E-state index in [-0.39, 0.29) is 6.61 Å². The molecule has 8 nitrogen and oxygen atoms in total. The van der Waals surface area contributed by atoms with Gasteiger partial charge in [-0.15, -0.1) is 0 Å². The third-order valence-electron chi connectivity index (χ3n) is 4.93. The number of carbonyl (C=O) groups excluding carboxylic acids is 2. The molecule has 2 amide bonds. The van der Waals surface area contributed by atoms with E-state index in [9.17, 15) is 9.59 Å². The zero-order chi connectivity index (χ0) is 26.1. The first-order valence-corrected chi connectivity index (χ1v) is 11.7. The maximum Gasteiger partial charge on any atom is 0.329 e. The number of methoxy groups -OCH3 is 1. The quantitative estimate of drug-likeness (QED) is 0.218. The van der Waals surface area contributed by atoms with Crippen LogP contribution in [0, 0.1) is 0 Å². The van der Waals surface area contributed by atoms with Crippen molar-refractivity contribution in [2.24, 2.45) is 5.10 Å². The van der Waals surface area contributed by atoms with Gasteiger partial charge >= 0.3 is 11.8 Å². The number of benzene rings is 3. The number of amides is 2. The average Bonchev–Trinajstić information content (AvgIpc) is 2.87. The molecular weight excluding hydrogens is 505 g/mol. The molecule has 36 heavy (non-hydrogen) atoms. The fraction of sp³-hybridized carbons (Fsp3) is 0.192. The SMILES string of the molecule is CCOc1ccc(NC(=O)C(=O)NN=C(C)c2ccc(OCc3ccc(Cl)cc3Cl)c(OC)c2)cc1. The number of carbonyl (C=O) groups is 2. The lowest BCUT2D eigenvalue weighted by Crippen LogP contribution is -2.32. The molecule has 0 aliphatic heterocycles. The van der Waals surface area contributed by atoms with Crippen molar-refractivity contribution in [2.45, 2.75) is 20.5 Å². The van der Waals surface area contributed by atoms with E-state index in [0.717, 1.165) is 5.56 Å². The van der Waals surface area contributed by atoms with Gasteiger partial charge in [0.15, 0.2) is 11.5 Å². The number of rotatable bonds is 9. The van der Waals surface area contributed by atoms with Gasteiger partial charge in [-0.1, -0.05) is 29.3 Å². The van der Waals surface area contributed by atoms with Crippen LogP contribution in [0.4, 0.5) is 5.69 Å². The monoisotopic (exact) mass is 529 g/mol. The second kappa shape index (κ2) is 12.8. The molecule has 3 rings (SSSR count). The van der Waals surface area contributed by atoms with Gasteiger partial charge in [-0.25, -0.2) is 5.43 Å². The first-order chi connectivity index (χ1) is 17.3. The molecule has 0 aromatic heterocycles. The van der Waals surface area contributed by atoms with Crippen LogP contribution in [0.15, 0.2) is 65.8 Å². The van der Waals surface area contributed by atoms with E-state index >= 15 is 0 Å². The zero-order valence-corrected chi connectivity index (χ0v) is 21.4. The number of ether oxygens (including phenoxy) is 3. The van der Waals surface area contributed by atoms with E-state index in [1.54, 1.807) is 67.6 Å². The Morgan fingerprint density at radius 2 is 1.67 bits per heavy atom. The molecule has 3 aromatic rings. The van der Waals surface area contributed by atoms with Crippen LogP contribution in [-0.2, 0) is 16.2 Å². The summed E-state index contributed by atoms with van der Waals surface area (Å²) in [7, 11) is 1.51. The summed E-state index contributed by atoms with van der Waals surface area (Å²) in [5.74, 6) is -0.126. The van der Waals surface area contributed by atoms with Crippen LogP contribution < -0.4 is 25.0 Å². The molecule has 3 aromatic carbocycles. The molecule has 0 aliphatic carbocycles. The maximum atomic E-state index is 12.2. The lowest BCUT2D eigenvalue weighted by Gasteiger charge is -2.13. The predicted octanol–water partition coefficient (Wildman–Crippen LogP) is 5.46. The van der Waals surface area contributed by atoms with Gasteiger partial charge < -0.3 is 19.5 Å². The minimum atomic E-state index is -0.907. The van der Waals surface area contributed by atoms with Crippen LogP contribution in [0.1, 0.15) is 25.0 Å². The van der Waals surface area contributed by atoms with Gasteiger partial charge in [0.05, 0.1) is 19.4 Å². The van der Waals surface area contributed by atoms with E-state index < -0.39 is 11.8 Å². The third kappa shape index (κ3) is 7.37. The van der Waals surface area contributed by atoms with Gasteiger partial charge in [0.1, 0.15) is 12.4 Å². The Kier molecular flexibility index (Phi) is 9.55. The second-order valence-electron chi connectivity index (χ2n) is 7.44. The van der Waals surface area contributed by atoms with E-state index in [0.29, 0.717) is 50.9 Å². The lowest BCUT2D eigenvalue weighted by molar-refractivity contribution is -0.136. The van der Waals surface area contributed by atoms with Crippen LogP contribution in [0.25, 0.3) is 0 Å². The number of anilines is 1. The summed E-state index contributed by atoms with van der Waals surface area (Å²) in [5.41, 5.74) is 4.61. The van der Waals surface area contributed by atoms with Crippen molar-refractivity contribution < 1.29 is 23.8 Å². The molecule has 0 saturated carbocycles. The van der Waals surface area contributed by atoms with E-state index in [1.165, 1.54) is 7.11 Å². The van der Waals surface area contributed by atoms with Crippen LogP contribution in [0.3, 0.4) is 0 Å². The summed E-state index contributed by atoms with van der Waals surface area (Å²) in [6, 6.07) is 17.0. The number of hydrazone groups is 1. The minimum absolute atomic E-state index is 0.221. The first kappa shape index (κ1) is 26.8. The standard InChI is InChI=1S/C26H25Cl2N3O5/c1-4-35-21-10-8-20(9-11-21)29-25(32)26(33)31-30-16(2)17-6-12-23(24(13-17)34-3)36-15-18-5-7-19(27)14-22(18)28/h5-14H,4,15H2,1-3H3,(H,29,32)(H,31,33). The molecular formula is C26H25Cl2N3O5. The molecule has 0 fully saturated rings. The Hall–Kier alpha value is -3.75. The molecule has 0 bridgehead atoms. The second-order valence-corrected chi connectivity index (χ2v) is 8.28. The molecule has 2 N–H and O–H groups in total. The fourth-order valence-corrected chi connectivity index (χ4v) is 3.51. The van der Waals surface area contributed by atoms with Crippen LogP contribution >= 0.6 is 23.2 Å². The fourth-order valence-electron chi connectivity index (χ4n) is 3.05. The van der Waals surface area contributed by atoms with Crippen molar-refractivity contribution in [2.75, 3.05) is 19.0 Å². The highest BCUT2D eigenvalue weighted by Crippen LogP contribution is 2.30. The van der Waals surface area contributed by atoms with E-state index in [2.05, 4.69) is 15.8 Å². The highest BCUT2D eigenvalue weighted by Gasteiger charge is 2.14. The lowest BCUT2D eigenvalue weighted by atomic mass is 10.1. The van der Waals surface area contributed by atoms with Gasteiger partial charge in [0.25, 0.3) is 0 Å². The Morgan fingerprint density at radius 3 is 2.33 bits per heavy atom. The Balaban J connectivity index is 1.60. The first-order valence-electron chi connectivity index (χ1n) is 10.9. The summed E-state index contributed by atoms with van der Waals surface area (Å²) in [6.45, 7) is 4.32. The van der Waals surface area contributed by atoms with Gasteiger partial charge in [0.2, 0.25) is 0 Å². The van der Waals surface area contributed by atoms with Crippen molar-refractivity contribution in [3.8, 4) is 17.2 Å². The Labute approximate surface area is 219 Å². The largest absolute Gasteiger partial charge is 0.494 e. The summed E-state index contributed by atoms with van der Waals surface area (Å²) in [5, 5.41) is 7.58. The smallest absolute Gasteiger partial charge is 0.329 e. The van der Waals surface area contributed by atoms with Crippen molar-refractivity contribution in [3.05, 3.63) is 81.8 Å². The molecule has 0 spiro atoms. The summed E-state index contributed by atoms with van der Waals surface area (Å²) >= 11 is 12.1. The highest BCUT2D eigenvalue weighted by atomic mass is 35.5.